The van der Waals surface area contributed by atoms with E-state index >= 15 is 0 Å². The van der Waals surface area contributed by atoms with E-state index < -0.39 is 0 Å². The molecule has 3 aromatic carbocycles. The Morgan fingerprint density at radius 3 is 2.43 bits per heavy atom. The van der Waals surface area contributed by atoms with E-state index in [4.69, 9.17) is 0 Å². The van der Waals surface area contributed by atoms with Gasteiger partial charge in [-0.3, -0.25) is 9.59 Å². The van der Waals surface area contributed by atoms with Gasteiger partial charge >= 0.3 is 0 Å². The molecule has 1 N–H and O–H groups in total. The van der Waals surface area contributed by atoms with Crippen molar-refractivity contribution in [3.63, 3.8) is 0 Å². The van der Waals surface area contributed by atoms with Crippen LogP contribution in [0.15, 0.2) is 72.8 Å². The Balaban J connectivity index is 1.49. The average molecular weight is 398 g/mol. The van der Waals surface area contributed by atoms with Gasteiger partial charge in [0.15, 0.2) is 5.78 Å². The summed E-state index contributed by atoms with van der Waals surface area (Å²) in [6, 6.07) is 20.5. The Hall–Kier alpha value is -3.73. The van der Waals surface area contributed by atoms with Crippen molar-refractivity contribution in [3.8, 4) is 0 Å². The third-order valence-corrected chi connectivity index (χ3v) is 5.66. The normalized spacial score (nSPS) is 13.3. The molecule has 4 aromatic rings. The molecule has 1 aliphatic heterocycles. The summed E-state index contributed by atoms with van der Waals surface area (Å²) in [7, 11) is 0. The molecule has 148 valence electrons. The van der Waals surface area contributed by atoms with Crippen LogP contribution in [0.3, 0.4) is 0 Å². The smallest absolute Gasteiger partial charge is 0.254 e. The van der Waals surface area contributed by atoms with E-state index in [0.29, 0.717) is 36.2 Å². The number of nitrogens with zero attached hydrogens (tertiary/aromatic N) is 1. The summed E-state index contributed by atoms with van der Waals surface area (Å²) in [5, 5.41) is 0.802. The highest BCUT2D eigenvalue weighted by molar-refractivity contribution is 6.15. The fraction of sp³-hybridized carbons (Fsp3) is 0.120. The number of amides is 1. The summed E-state index contributed by atoms with van der Waals surface area (Å²) in [4.78, 5) is 31.5. The topological polar surface area (TPSA) is 53.2 Å². The van der Waals surface area contributed by atoms with Crippen LogP contribution in [0.2, 0.25) is 0 Å². The molecule has 4 nitrogen and oxygen atoms in total. The second-order valence-corrected chi connectivity index (χ2v) is 7.49. The number of nitrogens with one attached hydrogen (secondary N) is 1. The fourth-order valence-corrected chi connectivity index (χ4v) is 4.14. The molecule has 0 aliphatic carbocycles. The highest BCUT2D eigenvalue weighted by Crippen LogP contribution is 2.29. The molecule has 0 spiro atoms. The number of aromatic amines is 1. The predicted molar refractivity (Wildman–Crippen MR) is 113 cm³/mol. The Kier molecular flexibility index (Phi) is 4.43. The molecule has 0 saturated heterocycles. The van der Waals surface area contributed by atoms with E-state index in [2.05, 4.69) is 4.98 Å². The molecule has 1 aliphatic rings. The summed E-state index contributed by atoms with van der Waals surface area (Å²) in [5.41, 5.74) is 4.18. The van der Waals surface area contributed by atoms with E-state index in [1.165, 1.54) is 12.1 Å². The van der Waals surface area contributed by atoms with Crippen molar-refractivity contribution in [2.75, 3.05) is 6.54 Å². The van der Waals surface area contributed by atoms with Gasteiger partial charge in [-0.15, -0.1) is 0 Å². The van der Waals surface area contributed by atoms with Crippen molar-refractivity contribution in [2.45, 2.75) is 13.0 Å². The van der Waals surface area contributed by atoms with E-state index in [1.807, 2.05) is 6.07 Å². The first-order valence-corrected chi connectivity index (χ1v) is 9.89. The molecule has 30 heavy (non-hydrogen) atoms. The zero-order valence-corrected chi connectivity index (χ0v) is 16.2. The minimum absolute atomic E-state index is 0.175. The summed E-state index contributed by atoms with van der Waals surface area (Å²) >= 11 is 0. The van der Waals surface area contributed by atoms with Gasteiger partial charge in [0.1, 0.15) is 5.82 Å². The number of rotatable bonds is 3. The first kappa shape index (κ1) is 18.3. The first-order chi connectivity index (χ1) is 14.6. The lowest BCUT2D eigenvalue weighted by molar-refractivity contribution is 0.0731. The van der Waals surface area contributed by atoms with Gasteiger partial charge < -0.3 is 9.88 Å². The number of H-pyrrole nitrogens is 1. The SMILES string of the molecule is O=C(c1ccccc1)c1ccccc1C(=O)N1CCc2[nH]c3ccc(F)cc3c2C1. The van der Waals surface area contributed by atoms with Gasteiger partial charge in [0.2, 0.25) is 0 Å². The van der Waals surface area contributed by atoms with E-state index in [-0.39, 0.29) is 17.5 Å². The zero-order chi connectivity index (χ0) is 20.7. The number of carbonyl (C=O) groups is 2. The number of benzene rings is 3. The Morgan fingerprint density at radius 1 is 0.900 bits per heavy atom. The lowest BCUT2D eigenvalue weighted by Crippen LogP contribution is -2.36. The highest BCUT2D eigenvalue weighted by atomic mass is 19.1. The predicted octanol–water partition coefficient (Wildman–Crippen LogP) is 4.74. The number of ketones is 1. The van der Waals surface area contributed by atoms with Crippen molar-refractivity contribution in [3.05, 3.63) is 107 Å². The van der Waals surface area contributed by atoms with Crippen molar-refractivity contribution < 1.29 is 14.0 Å². The lowest BCUT2D eigenvalue weighted by Gasteiger charge is -2.28. The van der Waals surface area contributed by atoms with Gasteiger partial charge in [-0.1, -0.05) is 48.5 Å². The van der Waals surface area contributed by atoms with Crippen LogP contribution < -0.4 is 0 Å². The molecular weight excluding hydrogens is 379 g/mol. The van der Waals surface area contributed by atoms with Gasteiger partial charge in [-0.05, 0) is 24.3 Å². The van der Waals surface area contributed by atoms with Crippen LogP contribution in [0, 0.1) is 5.82 Å². The van der Waals surface area contributed by atoms with Crippen LogP contribution in [-0.2, 0) is 13.0 Å². The third-order valence-electron chi connectivity index (χ3n) is 5.66. The third kappa shape index (κ3) is 3.08. The number of fused-ring (bicyclic) bond motifs is 3. The molecule has 5 rings (SSSR count). The molecule has 2 heterocycles. The standard InChI is InChI=1S/C25H19FN2O2/c26-17-10-11-22-20(14-17)21-15-28(13-12-23(21)27-22)25(30)19-9-5-4-8-18(19)24(29)16-6-2-1-3-7-16/h1-11,14,27H,12-13,15H2. The quantitative estimate of drug-likeness (QED) is 0.507. The maximum atomic E-state index is 13.8. The van der Waals surface area contributed by atoms with Gasteiger partial charge in [-0.2, -0.15) is 0 Å². The number of aromatic nitrogens is 1. The monoisotopic (exact) mass is 398 g/mol. The minimum Gasteiger partial charge on any atom is -0.358 e. The molecule has 0 radical (unpaired) electrons. The van der Waals surface area contributed by atoms with Crippen LogP contribution in [0.25, 0.3) is 10.9 Å². The highest BCUT2D eigenvalue weighted by Gasteiger charge is 2.27. The number of hydrogen-bond acceptors (Lipinski definition) is 2. The molecule has 0 bridgehead atoms. The van der Waals surface area contributed by atoms with Crippen molar-refractivity contribution >= 4 is 22.6 Å². The van der Waals surface area contributed by atoms with Crippen molar-refractivity contribution in [1.82, 2.24) is 9.88 Å². The number of carbonyl (C=O) groups excluding carboxylic acids is 2. The summed E-state index contributed by atoms with van der Waals surface area (Å²) in [5.74, 6) is -0.663. The maximum absolute atomic E-state index is 13.8. The summed E-state index contributed by atoms with van der Waals surface area (Å²) < 4.78 is 13.8. The first-order valence-electron chi connectivity index (χ1n) is 9.89. The molecule has 0 atom stereocenters. The second-order valence-electron chi connectivity index (χ2n) is 7.49. The van der Waals surface area contributed by atoms with Crippen LogP contribution in [-0.4, -0.2) is 28.1 Å². The molecule has 5 heteroatoms. The molecule has 0 fully saturated rings. The Labute approximate surface area is 173 Å². The lowest BCUT2D eigenvalue weighted by atomic mass is 9.96. The van der Waals surface area contributed by atoms with Crippen molar-refractivity contribution in [1.29, 1.82) is 0 Å². The van der Waals surface area contributed by atoms with Crippen LogP contribution in [0.4, 0.5) is 4.39 Å². The van der Waals surface area contributed by atoms with Gasteiger partial charge in [-0.25, -0.2) is 4.39 Å². The van der Waals surface area contributed by atoms with Gasteiger partial charge in [0.05, 0.1) is 5.56 Å². The van der Waals surface area contributed by atoms with Gasteiger partial charge in [0, 0.05) is 52.8 Å². The Bertz CT molecular complexity index is 1280. The molecule has 1 aromatic heterocycles. The van der Waals surface area contributed by atoms with Crippen LogP contribution in [0.1, 0.15) is 37.5 Å². The molecule has 1 amide bonds. The minimum atomic E-state index is -0.299. The van der Waals surface area contributed by atoms with E-state index in [9.17, 15) is 14.0 Å². The fourth-order valence-electron chi connectivity index (χ4n) is 4.14. The summed E-state index contributed by atoms with van der Waals surface area (Å²) in [6.45, 7) is 0.917. The average Bonchev–Trinajstić information content (AvgIpc) is 3.15. The Morgan fingerprint density at radius 2 is 1.63 bits per heavy atom. The van der Waals surface area contributed by atoms with E-state index in [1.54, 1.807) is 59.5 Å². The largest absolute Gasteiger partial charge is 0.358 e. The molecule has 0 unspecified atom stereocenters. The molecule has 0 saturated carbocycles. The maximum Gasteiger partial charge on any atom is 0.254 e. The second kappa shape index (κ2) is 7.26. The summed E-state index contributed by atoms with van der Waals surface area (Å²) in [6.07, 6.45) is 0.659. The van der Waals surface area contributed by atoms with Crippen LogP contribution >= 0.6 is 0 Å². The number of hydrogen-bond donors (Lipinski definition) is 1. The van der Waals surface area contributed by atoms with Crippen LogP contribution in [0.5, 0.6) is 0 Å². The van der Waals surface area contributed by atoms with E-state index in [0.717, 1.165) is 22.2 Å². The zero-order valence-electron chi connectivity index (χ0n) is 16.2. The van der Waals surface area contributed by atoms with Gasteiger partial charge in [0.25, 0.3) is 5.91 Å². The number of halogens is 1. The molecular formula is C25H19FN2O2. The van der Waals surface area contributed by atoms with Crippen molar-refractivity contribution in [2.24, 2.45) is 0 Å².